The highest BCUT2D eigenvalue weighted by atomic mass is 79.9. The minimum absolute atomic E-state index is 0.267. The molecule has 0 fully saturated rings. The molecule has 1 aromatic carbocycles. The van der Waals surface area contributed by atoms with Gasteiger partial charge in [-0.3, -0.25) is 0 Å². The molecular formula is C14H18BrNO2S. The maximum absolute atomic E-state index is 12.6. The van der Waals surface area contributed by atoms with Gasteiger partial charge in [-0.05, 0) is 37.1 Å². The van der Waals surface area contributed by atoms with Crippen LogP contribution in [0.2, 0.25) is 0 Å². The Morgan fingerprint density at radius 3 is 2.16 bits per heavy atom. The van der Waals surface area contributed by atoms with Crippen LogP contribution >= 0.6 is 15.9 Å². The van der Waals surface area contributed by atoms with E-state index in [-0.39, 0.29) is 13.1 Å². The lowest BCUT2D eigenvalue weighted by molar-refractivity contribution is 0.473. The first kappa shape index (κ1) is 16.1. The first-order valence-corrected chi connectivity index (χ1v) is 8.06. The van der Waals surface area contributed by atoms with Gasteiger partial charge in [0.05, 0.1) is 4.90 Å². The van der Waals surface area contributed by atoms with Crippen LogP contribution in [0.4, 0.5) is 0 Å². The number of benzene rings is 1. The van der Waals surface area contributed by atoms with Crippen LogP contribution in [-0.2, 0) is 10.0 Å². The van der Waals surface area contributed by atoms with Gasteiger partial charge in [0.2, 0.25) is 10.0 Å². The molecule has 1 rings (SSSR count). The molecule has 0 heterocycles. The molecule has 0 bridgehead atoms. The van der Waals surface area contributed by atoms with Crippen LogP contribution in [0.3, 0.4) is 0 Å². The van der Waals surface area contributed by atoms with E-state index in [9.17, 15) is 8.42 Å². The highest BCUT2D eigenvalue weighted by Crippen LogP contribution is 2.26. The fourth-order valence-electron chi connectivity index (χ4n) is 1.73. The fourth-order valence-corrected chi connectivity index (χ4v) is 3.86. The van der Waals surface area contributed by atoms with Crippen LogP contribution in [0, 0.1) is 13.8 Å². The van der Waals surface area contributed by atoms with Gasteiger partial charge in [0.15, 0.2) is 0 Å². The summed E-state index contributed by atoms with van der Waals surface area (Å²) in [5, 5.41) is 0. The van der Waals surface area contributed by atoms with Crippen molar-refractivity contribution in [1.29, 1.82) is 0 Å². The third-order valence-electron chi connectivity index (χ3n) is 2.74. The third kappa shape index (κ3) is 3.55. The average Bonchev–Trinajstić information content (AvgIpc) is 2.33. The molecule has 0 amide bonds. The summed E-state index contributed by atoms with van der Waals surface area (Å²) in [6.45, 7) is 11.4. The maximum atomic E-state index is 12.6. The first-order valence-electron chi connectivity index (χ1n) is 5.83. The summed E-state index contributed by atoms with van der Waals surface area (Å²) in [6.07, 6.45) is 3.14. The zero-order valence-corrected chi connectivity index (χ0v) is 13.6. The molecule has 0 spiro atoms. The molecule has 0 unspecified atom stereocenters. The summed E-state index contributed by atoms with van der Waals surface area (Å²) in [4.78, 5) is 0.330. The fraction of sp³-hybridized carbons (Fsp3) is 0.286. The van der Waals surface area contributed by atoms with Gasteiger partial charge in [-0.2, -0.15) is 4.31 Å². The normalized spacial score (nSPS) is 11.6. The molecule has 0 aliphatic carbocycles. The van der Waals surface area contributed by atoms with Crippen LogP contribution in [0.15, 0.2) is 46.8 Å². The molecule has 3 nitrogen and oxygen atoms in total. The molecular weight excluding hydrogens is 326 g/mol. The topological polar surface area (TPSA) is 37.4 Å². The summed E-state index contributed by atoms with van der Waals surface area (Å²) in [5.74, 6) is 0. The van der Waals surface area contributed by atoms with Gasteiger partial charge in [-0.1, -0.05) is 28.1 Å². The molecule has 5 heteroatoms. The van der Waals surface area contributed by atoms with Crippen molar-refractivity contribution in [3.8, 4) is 0 Å². The monoisotopic (exact) mass is 343 g/mol. The summed E-state index contributed by atoms with van der Waals surface area (Å²) in [7, 11) is -3.53. The Kier molecular flexibility index (Phi) is 5.52. The predicted molar refractivity (Wildman–Crippen MR) is 82.8 cm³/mol. The lowest BCUT2D eigenvalue weighted by Crippen LogP contribution is -2.32. The third-order valence-corrected chi connectivity index (χ3v) is 5.57. The predicted octanol–water partition coefficient (Wildman–Crippen LogP) is 3.43. The number of hydrogen-bond donors (Lipinski definition) is 0. The summed E-state index contributed by atoms with van der Waals surface area (Å²) in [6, 6.07) is 3.51. The Labute approximate surface area is 123 Å². The highest BCUT2D eigenvalue weighted by Gasteiger charge is 2.24. The molecule has 0 aliphatic heterocycles. The van der Waals surface area contributed by atoms with Crippen molar-refractivity contribution in [3.63, 3.8) is 0 Å². The first-order chi connectivity index (χ1) is 8.84. The van der Waals surface area contributed by atoms with E-state index in [0.29, 0.717) is 4.90 Å². The second kappa shape index (κ2) is 6.50. The average molecular weight is 344 g/mol. The van der Waals surface area contributed by atoms with Crippen molar-refractivity contribution in [2.45, 2.75) is 18.7 Å². The minimum atomic E-state index is -3.53. The van der Waals surface area contributed by atoms with Crippen LogP contribution in [0.5, 0.6) is 0 Å². The van der Waals surface area contributed by atoms with Crippen molar-refractivity contribution < 1.29 is 8.42 Å². The SMILES string of the molecule is C=CCN(CC=C)S(=O)(=O)c1cc(C)c(Br)cc1C. The van der Waals surface area contributed by atoms with Crippen LogP contribution < -0.4 is 0 Å². The second-order valence-corrected chi connectivity index (χ2v) is 7.03. The maximum Gasteiger partial charge on any atom is 0.243 e. The Bertz CT molecular complexity index is 584. The molecule has 0 atom stereocenters. The van der Waals surface area contributed by atoms with Gasteiger partial charge in [0.25, 0.3) is 0 Å². The van der Waals surface area contributed by atoms with E-state index in [0.717, 1.165) is 15.6 Å². The van der Waals surface area contributed by atoms with Crippen LogP contribution in [0.1, 0.15) is 11.1 Å². The molecule has 0 aromatic heterocycles. The Morgan fingerprint density at radius 1 is 1.16 bits per heavy atom. The van der Waals surface area contributed by atoms with Crippen molar-refractivity contribution in [3.05, 3.63) is 53.0 Å². The van der Waals surface area contributed by atoms with Gasteiger partial charge in [0, 0.05) is 17.6 Å². The lowest BCUT2D eigenvalue weighted by atomic mass is 10.2. The van der Waals surface area contributed by atoms with E-state index < -0.39 is 10.0 Å². The van der Waals surface area contributed by atoms with Crippen molar-refractivity contribution in [2.24, 2.45) is 0 Å². The lowest BCUT2D eigenvalue weighted by Gasteiger charge is -2.20. The van der Waals surface area contributed by atoms with Gasteiger partial charge in [-0.25, -0.2) is 8.42 Å². The largest absolute Gasteiger partial charge is 0.243 e. The van der Waals surface area contributed by atoms with Crippen molar-refractivity contribution >= 4 is 26.0 Å². The summed E-state index contributed by atoms with van der Waals surface area (Å²) < 4.78 is 27.5. The van der Waals surface area contributed by atoms with E-state index in [4.69, 9.17) is 0 Å². The Balaban J connectivity index is 3.36. The zero-order valence-electron chi connectivity index (χ0n) is 11.2. The molecule has 0 saturated carbocycles. The number of hydrogen-bond acceptors (Lipinski definition) is 2. The van der Waals surface area contributed by atoms with Gasteiger partial charge in [-0.15, -0.1) is 13.2 Å². The van der Waals surface area contributed by atoms with Gasteiger partial charge in [0.1, 0.15) is 0 Å². The number of halogens is 1. The van der Waals surface area contributed by atoms with Crippen molar-refractivity contribution in [1.82, 2.24) is 4.31 Å². The molecule has 1 aromatic rings. The molecule has 0 N–H and O–H groups in total. The quantitative estimate of drug-likeness (QED) is 0.742. The summed E-state index contributed by atoms with van der Waals surface area (Å²) in [5.41, 5.74) is 1.61. The molecule has 0 aliphatic rings. The van der Waals surface area contributed by atoms with Gasteiger partial charge < -0.3 is 0 Å². The van der Waals surface area contributed by atoms with Crippen LogP contribution in [-0.4, -0.2) is 25.8 Å². The van der Waals surface area contributed by atoms with E-state index in [1.807, 2.05) is 13.0 Å². The molecule has 19 heavy (non-hydrogen) atoms. The molecule has 104 valence electrons. The number of sulfonamides is 1. The zero-order chi connectivity index (χ0) is 14.6. The van der Waals surface area contributed by atoms with E-state index in [1.165, 1.54) is 4.31 Å². The summed E-state index contributed by atoms with van der Waals surface area (Å²) >= 11 is 3.40. The number of aryl methyl sites for hydroxylation is 2. The Morgan fingerprint density at radius 2 is 1.68 bits per heavy atom. The van der Waals surface area contributed by atoms with E-state index in [1.54, 1.807) is 25.1 Å². The van der Waals surface area contributed by atoms with Crippen molar-refractivity contribution in [2.75, 3.05) is 13.1 Å². The van der Waals surface area contributed by atoms with E-state index >= 15 is 0 Å². The highest BCUT2D eigenvalue weighted by molar-refractivity contribution is 9.10. The number of nitrogens with zero attached hydrogens (tertiary/aromatic N) is 1. The minimum Gasteiger partial charge on any atom is -0.207 e. The Hall–Kier alpha value is -0.910. The van der Waals surface area contributed by atoms with Gasteiger partial charge >= 0.3 is 0 Å². The number of rotatable bonds is 6. The van der Waals surface area contributed by atoms with E-state index in [2.05, 4.69) is 29.1 Å². The standard InChI is InChI=1S/C14H18BrNO2S/c1-5-7-16(8-6-2)19(17,18)14-10-11(3)13(15)9-12(14)4/h5-6,9-10H,1-2,7-8H2,3-4H3. The second-order valence-electron chi connectivity index (χ2n) is 4.27. The molecule has 0 radical (unpaired) electrons. The van der Waals surface area contributed by atoms with Crippen LogP contribution in [0.25, 0.3) is 0 Å². The smallest absolute Gasteiger partial charge is 0.207 e. The molecule has 0 saturated heterocycles.